The van der Waals surface area contributed by atoms with Crippen molar-refractivity contribution in [1.82, 2.24) is 0 Å². The molecule has 0 aromatic heterocycles. The molecule has 1 aliphatic rings. The van der Waals surface area contributed by atoms with Crippen molar-refractivity contribution in [2.75, 3.05) is 26.4 Å². The van der Waals surface area contributed by atoms with Gasteiger partial charge in [0.25, 0.3) is 0 Å². The standard InChI is InChI=1S/C40H88O8Si4/c1-33(2,3)41-25-29-49(37(13,14)15)45-50(38(16,17)18,30-26-42-34(4,5)6)47-52(40(22,23)24,32-28-44-36(10,11)12)48-51(46-49,39(19,20)21)31-27-43-35(7,8)9/h25-32H2,1-24H3. The van der Waals surface area contributed by atoms with Gasteiger partial charge in [0, 0.05) is 70.8 Å². The quantitative estimate of drug-likeness (QED) is 0.181. The molecule has 8 nitrogen and oxygen atoms in total. The van der Waals surface area contributed by atoms with E-state index in [1.165, 1.54) is 0 Å². The van der Waals surface area contributed by atoms with Crippen molar-refractivity contribution in [3.05, 3.63) is 0 Å². The molecule has 1 heterocycles. The molecule has 1 saturated heterocycles. The maximum absolute atomic E-state index is 8.20. The second-order valence-electron chi connectivity index (χ2n) is 23.3. The zero-order chi connectivity index (χ0) is 41.3. The summed E-state index contributed by atoms with van der Waals surface area (Å²) in [4.78, 5) is 0. The van der Waals surface area contributed by atoms with Crippen molar-refractivity contribution in [3.63, 3.8) is 0 Å². The highest BCUT2D eigenvalue weighted by atomic mass is 28.5. The summed E-state index contributed by atoms with van der Waals surface area (Å²) in [6.45, 7) is 55.0. The van der Waals surface area contributed by atoms with Gasteiger partial charge >= 0.3 is 34.2 Å². The molecule has 1 rings (SSSR count). The highest BCUT2D eigenvalue weighted by Gasteiger charge is 2.71. The Bertz CT molecular complexity index is 920. The average molecular weight is 809 g/mol. The van der Waals surface area contributed by atoms with Crippen LogP contribution in [0, 0.1) is 0 Å². The number of ether oxygens (including phenoxy) is 4. The van der Waals surface area contributed by atoms with Crippen LogP contribution in [0.2, 0.25) is 44.3 Å². The monoisotopic (exact) mass is 809 g/mol. The van der Waals surface area contributed by atoms with Gasteiger partial charge in [-0.25, -0.2) is 0 Å². The highest BCUT2D eigenvalue weighted by Crippen LogP contribution is 2.59. The first kappa shape index (κ1) is 50.6. The molecule has 0 aromatic carbocycles. The SMILES string of the molecule is CC(C)(C)OCC[Si]1(C(C)(C)C)O[Si](CCOC(C)(C)C)(C(C)(C)C)O[Si](CCOC(C)(C)C)(C(C)(C)C)O[Si](CCOC(C)(C)C)(C(C)(C)C)O1. The van der Waals surface area contributed by atoms with E-state index in [0.29, 0.717) is 50.6 Å². The van der Waals surface area contributed by atoms with E-state index in [1.54, 1.807) is 0 Å². The van der Waals surface area contributed by atoms with Crippen LogP contribution in [0.4, 0.5) is 0 Å². The summed E-state index contributed by atoms with van der Waals surface area (Å²) in [7, 11) is -13.2. The maximum atomic E-state index is 8.20. The fraction of sp³-hybridized carbons (Fsp3) is 1.00. The van der Waals surface area contributed by atoms with Crippen LogP contribution in [0.1, 0.15) is 166 Å². The first-order chi connectivity index (χ1) is 22.7. The number of hydrogen-bond acceptors (Lipinski definition) is 8. The number of rotatable bonds is 12. The van der Waals surface area contributed by atoms with Gasteiger partial charge in [0.2, 0.25) is 0 Å². The van der Waals surface area contributed by atoms with Crippen LogP contribution in [0.25, 0.3) is 0 Å². The molecule has 0 atom stereocenters. The van der Waals surface area contributed by atoms with E-state index < -0.39 is 34.2 Å². The maximum Gasteiger partial charge on any atom is 0.328 e. The summed E-state index contributed by atoms with van der Waals surface area (Å²) in [5.74, 6) is 0. The molecule has 12 heteroatoms. The first-order valence-corrected chi connectivity index (χ1v) is 28.1. The second kappa shape index (κ2) is 16.8. The van der Waals surface area contributed by atoms with Crippen molar-refractivity contribution in [3.8, 4) is 0 Å². The largest absolute Gasteiger partial charge is 0.415 e. The third-order valence-electron chi connectivity index (χ3n) is 9.75. The Labute approximate surface area is 327 Å². The van der Waals surface area contributed by atoms with E-state index in [0.717, 1.165) is 0 Å². The lowest BCUT2D eigenvalue weighted by atomic mass is 10.2. The lowest BCUT2D eigenvalue weighted by Gasteiger charge is -2.63. The third-order valence-corrected chi connectivity index (χ3v) is 32.9. The Morgan fingerprint density at radius 2 is 0.404 bits per heavy atom. The smallest absolute Gasteiger partial charge is 0.328 e. The Balaban J connectivity index is 4.46. The molecule has 1 aliphatic heterocycles. The summed E-state index contributed by atoms with van der Waals surface area (Å²) in [6.07, 6.45) is 0. The van der Waals surface area contributed by atoms with Crippen molar-refractivity contribution in [2.24, 2.45) is 0 Å². The molecule has 0 unspecified atom stereocenters. The van der Waals surface area contributed by atoms with Gasteiger partial charge in [-0.2, -0.15) is 0 Å². The average Bonchev–Trinajstić information content (AvgIpc) is 2.81. The molecule has 0 spiro atoms. The molecule has 1 fully saturated rings. The third kappa shape index (κ3) is 14.5. The molecule has 0 bridgehead atoms. The fourth-order valence-electron chi connectivity index (χ4n) is 6.25. The Hall–Kier alpha value is 0.548. The van der Waals surface area contributed by atoms with Crippen LogP contribution in [-0.2, 0) is 35.4 Å². The summed E-state index contributed by atoms with van der Waals surface area (Å²) in [5.41, 5.74) is -1.22. The lowest BCUT2D eigenvalue weighted by Crippen LogP contribution is -2.77. The van der Waals surface area contributed by atoms with Gasteiger partial charge < -0.3 is 35.4 Å². The molecule has 0 amide bonds. The van der Waals surface area contributed by atoms with Crippen LogP contribution in [0.15, 0.2) is 0 Å². The zero-order valence-electron chi connectivity index (χ0n) is 38.9. The molecule has 0 aliphatic carbocycles. The molecular weight excluding hydrogens is 721 g/mol. The Morgan fingerprint density at radius 3 is 0.500 bits per heavy atom. The molecule has 0 radical (unpaired) electrons. The van der Waals surface area contributed by atoms with Gasteiger partial charge in [-0.05, 0) is 83.1 Å². The van der Waals surface area contributed by atoms with Crippen LogP contribution in [-0.4, -0.2) is 83.1 Å². The normalized spacial score (nSPS) is 28.2. The van der Waals surface area contributed by atoms with E-state index >= 15 is 0 Å². The fourth-order valence-corrected chi connectivity index (χ4v) is 34.5. The van der Waals surface area contributed by atoms with Crippen molar-refractivity contribution in [2.45, 2.75) is 233 Å². The Morgan fingerprint density at radius 1 is 0.269 bits per heavy atom. The molecule has 52 heavy (non-hydrogen) atoms. The summed E-state index contributed by atoms with van der Waals surface area (Å²) in [6, 6.07) is 2.64. The molecule has 0 N–H and O–H groups in total. The van der Waals surface area contributed by atoms with Crippen LogP contribution >= 0.6 is 0 Å². The molecule has 0 aromatic rings. The van der Waals surface area contributed by atoms with Gasteiger partial charge in [-0.3, -0.25) is 0 Å². The van der Waals surface area contributed by atoms with Gasteiger partial charge in [0.05, 0.1) is 22.4 Å². The molecule has 312 valence electrons. The summed E-state index contributed by atoms with van der Waals surface area (Å²) >= 11 is 0. The predicted molar refractivity (Wildman–Crippen MR) is 228 cm³/mol. The second-order valence-corrected chi connectivity index (χ2v) is 40.6. The lowest BCUT2D eigenvalue weighted by molar-refractivity contribution is -0.00337. The minimum atomic E-state index is -3.30. The van der Waals surface area contributed by atoms with Crippen molar-refractivity contribution in [1.29, 1.82) is 0 Å². The summed E-state index contributed by atoms with van der Waals surface area (Å²) < 4.78 is 58.9. The first-order valence-electron chi connectivity index (χ1n) is 20.0. The van der Waals surface area contributed by atoms with Gasteiger partial charge in [-0.15, -0.1) is 0 Å². The van der Waals surface area contributed by atoms with Gasteiger partial charge in [0.1, 0.15) is 0 Å². The van der Waals surface area contributed by atoms with Gasteiger partial charge in [0.15, 0.2) is 0 Å². The van der Waals surface area contributed by atoms with E-state index in [1.807, 2.05) is 0 Å². The minimum Gasteiger partial charge on any atom is -0.415 e. The summed E-state index contributed by atoms with van der Waals surface area (Å²) in [5, 5.41) is -1.38. The molecular formula is C40H88O8Si4. The van der Waals surface area contributed by atoms with E-state index in [4.69, 9.17) is 35.4 Å². The topological polar surface area (TPSA) is 73.8 Å². The van der Waals surface area contributed by atoms with Gasteiger partial charge in [-0.1, -0.05) is 83.1 Å². The highest BCUT2D eigenvalue weighted by molar-refractivity contribution is 6.97. The van der Waals surface area contributed by atoms with Crippen LogP contribution in [0.5, 0.6) is 0 Å². The van der Waals surface area contributed by atoms with Crippen LogP contribution in [0.3, 0.4) is 0 Å². The van der Waals surface area contributed by atoms with E-state index in [9.17, 15) is 0 Å². The Kier molecular flexibility index (Phi) is 16.3. The van der Waals surface area contributed by atoms with Crippen molar-refractivity contribution >= 4 is 34.2 Å². The zero-order valence-corrected chi connectivity index (χ0v) is 42.9. The minimum absolute atomic E-state index is 0.304. The number of hydrogen-bond donors (Lipinski definition) is 0. The van der Waals surface area contributed by atoms with Crippen LogP contribution < -0.4 is 0 Å². The predicted octanol–water partition coefficient (Wildman–Crippen LogP) is 12.3. The van der Waals surface area contributed by atoms with Crippen molar-refractivity contribution < 1.29 is 35.4 Å². The molecule has 0 saturated carbocycles. The van der Waals surface area contributed by atoms with E-state index in [-0.39, 0.29) is 42.6 Å². The van der Waals surface area contributed by atoms with E-state index in [2.05, 4.69) is 166 Å².